The molecule has 3 N–H and O–H groups in total. The first-order valence-electron chi connectivity index (χ1n) is 4.12. The molecule has 0 fully saturated rings. The van der Waals surface area contributed by atoms with Gasteiger partial charge in [0.1, 0.15) is 5.75 Å². The number of rotatable bonds is 2. The number of carboxylic acid groups (broad SMARTS) is 1. The normalized spacial score (nSPS) is 10.1. The third-order valence-corrected chi connectivity index (χ3v) is 1.83. The summed E-state index contributed by atoms with van der Waals surface area (Å²) in [7, 11) is 0. The van der Waals surface area contributed by atoms with Gasteiger partial charge in [-0.2, -0.15) is 5.10 Å². The van der Waals surface area contributed by atoms with Gasteiger partial charge < -0.3 is 10.2 Å². The molecule has 76 valence electrons. The van der Waals surface area contributed by atoms with Crippen LogP contribution in [0.25, 0.3) is 11.4 Å². The fraction of sp³-hybridized carbons (Fsp3) is 0. The van der Waals surface area contributed by atoms with E-state index in [9.17, 15) is 9.90 Å². The van der Waals surface area contributed by atoms with Crippen molar-refractivity contribution in [1.82, 2.24) is 15.2 Å². The van der Waals surface area contributed by atoms with Crippen molar-refractivity contribution < 1.29 is 15.0 Å². The average Bonchev–Trinajstić information content (AvgIpc) is 2.67. The van der Waals surface area contributed by atoms with Gasteiger partial charge in [-0.15, -0.1) is 0 Å². The lowest BCUT2D eigenvalue weighted by atomic mass is 10.2. The van der Waals surface area contributed by atoms with E-state index in [4.69, 9.17) is 5.11 Å². The summed E-state index contributed by atoms with van der Waals surface area (Å²) in [6.45, 7) is 0. The Kier molecular flexibility index (Phi) is 2.09. The number of benzene rings is 1. The molecular formula is C9H7N3O3. The lowest BCUT2D eigenvalue weighted by Gasteiger charge is -1.97. The number of carbonyl (C=O) groups is 1. The van der Waals surface area contributed by atoms with Crippen LogP contribution in [-0.2, 0) is 0 Å². The third kappa shape index (κ3) is 1.64. The summed E-state index contributed by atoms with van der Waals surface area (Å²) in [5.74, 6) is -1.28. The van der Waals surface area contributed by atoms with Gasteiger partial charge in [-0.05, 0) is 12.1 Å². The molecule has 6 nitrogen and oxygen atoms in total. The number of phenols is 1. The minimum Gasteiger partial charge on any atom is -0.507 e. The molecular weight excluding hydrogens is 198 g/mol. The quantitative estimate of drug-likeness (QED) is 0.675. The van der Waals surface area contributed by atoms with Crippen molar-refractivity contribution in [3.8, 4) is 17.1 Å². The largest absolute Gasteiger partial charge is 0.507 e. The number of aromatic carboxylic acids is 1. The number of para-hydroxylation sites is 1. The fourth-order valence-electron chi connectivity index (χ4n) is 1.14. The summed E-state index contributed by atoms with van der Waals surface area (Å²) in [6, 6.07) is 6.44. The van der Waals surface area contributed by atoms with E-state index in [0.717, 1.165) is 0 Å². The van der Waals surface area contributed by atoms with Gasteiger partial charge >= 0.3 is 5.97 Å². The summed E-state index contributed by atoms with van der Waals surface area (Å²) in [4.78, 5) is 14.2. The van der Waals surface area contributed by atoms with Crippen LogP contribution >= 0.6 is 0 Å². The Labute approximate surface area is 84.2 Å². The monoisotopic (exact) mass is 205 g/mol. The molecule has 0 amide bonds. The van der Waals surface area contributed by atoms with Crippen LogP contribution < -0.4 is 0 Å². The summed E-state index contributed by atoms with van der Waals surface area (Å²) in [5, 5.41) is 24.0. The van der Waals surface area contributed by atoms with Crippen molar-refractivity contribution >= 4 is 5.97 Å². The number of H-pyrrole nitrogens is 1. The maximum atomic E-state index is 10.5. The van der Waals surface area contributed by atoms with Crippen LogP contribution in [-0.4, -0.2) is 31.4 Å². The maximum Gasteiger partial charge on any atom is 0.373 e. The number of aromatic hydroxyl groups is 1. The van der Waals surface area contributed by atoms with Crippen molar-refractivity contribution in [2.45, 2.75) is 0 Å². The molecule has 1 aromatic carbocycles. The van der Waals surface area contributed by atoms with E-state index >= 15 is 0 Å². The molecule has 0 unspecified atom stereocenters. The molecule has 0 atom stereocenters. The molecule has 2 aromatic rings. The highest BCUT2D eigenvalue weighted by Gasteiger charge is 2.13. The van der Waals surface area contributed by atoms with Crippen LogP contribution in [0.5, 0.6) is 5.75 Å². The van der Waals surface area contributed by atoms with E-state index < -0.39 is 5.97 Å². The van der Waals surface area contributed by atoms with E-state index in [0.29, 0.717) is 5.56 Å². The lowest BCUT2D eigenvalue weighted by molar-refractivity contribution is 0.0684. The highest BCUT2D eigenvalue weighted by molar-refractivity contribution is 5.83. The molecule has 1 heterocycles. The Hall–Kier alpha value is -2.37. The summed E-state index contributed by atoms with van der Waals surface area (Å²) in [6.07, 6.45) is 0. The molecule has 1 aromatic heterocycles. The van der Waals surface area contributed by atoms with Gasteiger partial charge in [-0.1, -0.05) is 12.1 Å². The predicted molar refractivity (Wildman–Crippen MR) is 50.4 cm³/mol. The number of carboxylic acids is 1. The van der Waals surface area contributed by atoms with Crippen LogP contribution in [0.2, 0.25) is 0 Å². The number of hydrogen-bond acceptors (Lipinski definition) is 4. The molecule has 0 aliphatic carbocycles. The standard InChI is InChI=1S/C9H7N3O3/c13-6-4-2-1-3-5(6)7-10-8(9(14)15)12-11-7/h1-4,13H,(H,14,15)(H,10,11,12). The topological polar surface area (TPSA) is 99.1 Å². The summed E-state index contributed by atoms with van der Waals surface area (Å²) < 4.78 is 0. The van der Waals surface area contributed by atoms with E-state index in [1.807, 2.05) is 0 Å². The minimum absolute atomic E-state index is 0.00781. The van der Waals surface area contributed by atoms with Crippen molar-refractivity contribution in [3.05, 3.63) is 30.1 Å². The third-order valence-electron chi connectivity index (χ3n) is 1.83. The molecule has 15 heavy (non-hydrogen) atoms. The van der Waals surface area contributed by atoms with Gasteiger partial charge in [0.2, 0.25) is 5.82 Å². The van der Waals surface area contributed by atoms with Crippen LogP contribution in [0.4, 0.5) is 0 Å². The Bertz CT molecular complexity index is 507. The second-order valence-electron chi connectivity index (χ2n) is 2.83. The highest BCUT2D eigenvalue weighted by atomic mass is 16.4. The smallest absolute Gasteiger partial charge is 0.373 e. The zero-order valence-corrected chi connectivity index (χ0v) is 7.51. The predicted octanol–water partition coefficient (Wildman–Crippen LogP) is 0.875. The minimum atomic E-state index is -1.19. The maximum absolute atomic E-state index is 10.5. The van der Waals surface area contributed by atoms with Crippen molar-refractivity contribution in [2.75, 3.05) is 0 Å². The van der Waals surface area contributed by atoms with Crippen LogP contribution in [0.1, 0.15) is 10.6 Å². The number of nitrogens with one attached hydrogen (secondary N) is 1. The van der Waals surface area contributed by atoms with Gasteiger partial charge in [0.25, 0.3) is 0 Å². The molecule has 0 spiro atoms. The van der Waals surface area contributed by atoms with E-state index in [2.05, 4.69) is 15.2 Å². The van der Waals surface area contributed by atoms with E-state index in [-0.39, 0.29) is 17.4 Å². The van der Waals surface area contributed by atoms with Gasteiger partial charge in [0.15, 0.2) is 5.82 Å². The molecule has 6 heteroatoms. The first kappa shape index (κ1) is 9.20. The van der Waals surface area contributed by atoms with Crippen molar-refractivity contribution in [3.63, 3.8) is 0 Å². The molecule has 0 radical (unpaired) electrons. The summed E-state index contributed by atoms with van der Waals surface area (Å²) >= 11 is 0. The van der Waals surface area contributed by atoms with Gasteiger partial charge in [-0.25, -0.2) is 9.78 Å². The lowest BCUT2D eigenvalue weighted by Crippen LogP contribution is -1.98. The molecule has 0 saturated carbocycles. The van der Waals surface area contributed by atoms with Crippen molar-refractivity contribution in [2.24, 2.45) is 0 Å². The number of phenolic OH excluding ortho intramolecular Hbond substituents is 1. The van der Waals surface area contributed by atoms with E-state index in [1.54, 1.807) is 18.2 Å². The van der Waals surface area contributed by atoms with E-state index in [1.165, 1.54) is 6.07 Å². The fourth-order valence-corrected chi connectivity index (χ4v) is 1.14. The molecule has 2 rings (SSSR count). The SMILES string of the molecule is O=C(O)c1nc(-c2ccccc2O)n[nH]1. The van der Waals surface area contributed by atoms with Gasteiger partial charge in [0, 0.05) is 0 Å². The zero-order chi connectivity index (χ0) is 10.8. The number of aromatic nitrogens is 3. The van der Waals surface area contributed by atoms with Crippen LogP contribution in [0.3, 0.4) is 0 Å². The molecule has 0 saturated heterocycles. The Balaban J connectivity index is 2.46. The Morgan fingerprint density at radius 1 is 1.33 bits per heavy atom. The highest BCUT2D eigenvalue weighted by Crippen LogP contribution is 2.25. The second-order valence-corrected chi connectivity index (χ2v) is 2.83. The van der Waals surface area contributed by atoms with Crippen LogP contribution in [0, 0.1) is 0 Å². The van der Waals surface area contributed by atoms with Gasteiger partial charge in [0.05, 0.1) is 5.56 Å². The first-order valence-corrected chi connectivity index (χ1v) is 4.12. The Morgan fingerprint density at radius 3 is 2.67 bits per heavy atom. The number of aromatic amines is 1. The molecule has 0 bridgehead atoms. The van der Waals surface area contributed by atoms with Gasteiger partial charge in [-0.3, -0.25) is 5.10 Å². The van der Waals surface area contributed by atoms with Crippen LogP contribution in [0.15, 0.2) is 24.3 Å². The molecule has 0 aliphatic heterocycles. The van der Waals surface area contributed by atoms with Crippen molar-refractivity contribution in [1.29, 1.82) is 0 Å². The number of nitrogens with zero attached hydrogens (tertiary/aromatic N) is 2. The molecule has 0 aliphatic rings. The number of hydrogen-bond donors (Lipinski definition) is 3. The first-order chi connectivity index (χ1) is 7.18. The zero-order valence-electron chi connectivity index (χ0n) is 7.51. The second kappa shape index (κ2) is 3.41. The summed E-state index contributed by atoms with van der Waals surface area (Å²) in [5.41, 5.74) is 0.390. The Morgan fingerprint density at radius 2 is 2.07 bits per heavy atom. The average molecular weight is 205 g/mol.